The fraction of sp³-hybridized carbons (Fsp3) is 0.412. The van der Waals surface area contributed by atoms with Crippen LogP contribution >= 0.6 is 11.3 Å². The van der Waals surface area contributed by atoms with Gasteiger partial charge >= 0.3 is 12.2 Å². The Bertz CT molecular complexity index is 950. The van der Waals surface area contributed by atoms with E-state index >= 15 is 0 Å². The average molecular weight is 404 g/mol. The molecule has 1 aliphatic heterocycles. The molecule has 1 aromatic heterocycles. The van der Waals surface area contributed by atoms with E-state index in [9.17, 15) is 22.4 Å². The average Bonchev–Trinajstić information content (AvgIpc) is 2.87. The summed E-state index contributed by atoms with van der Waals surface area (Å²) in [5.41, 5.74) is 0.318. The summed E-state index contributed by atoms with van der Waals surface area (Å²) in [6, 6.07) is 3.63. The van der Waals surface area contributed by atoms with Gasteiger partial charge in [0, 0.05) is 23.6 Å². The molecule has 1 amide bonds. The van der Waals surface area contributed by atoms with Crippen LogP contribution in [-0.4, -0.2) is 22.7 Å². The lowest BCUT2D eigenvalue weighted by molar-refractivity contribution is -0.391. The molecular formula is C17H16F4N2O3S. The molecule has 0 bridgehead atoms. The molecule has 2 aromatic rings. The number of carbonyl (C=O) groups excluding carboxylic acids is 1. The molecule has 146 valence electrons. The summed E-state index contributed by atoms with van der Waals surface area (Å²) in [7, 11) is 0. The molecule has 2 heterocycles. The van der Waals surface area contributed by atoms with E-state index in [1.807, 2.05) is 13.8 Å². The van der Waals surface area contributed by atoms with Crippen LogP contribution in [0.2, 0.25) is 0 Å². The number of rotatable bonds is 3. The Balaban J connectivity index is 2.03. The van der Waals surface area contributed by atoms with E-state index in [2.05, 4.69) is 14.5 Å². The molecule has 1 aliphatic rings. The maximum absolute atomic E-state index is 13.4. The standard InChI is InChI=1S/C17H16F4N2O3S/c1-9(2)6-14(24)22-15-23(8-10(3)27-15)11-4-5-12-13(7-11)26-17(20,21)16(18,19)25-12/h4-5,7-9H,6H2,1-3H3/b22-15-. The van der Waals surface area contributed by atoms with Gasteiger partial charge in [0.15, 0.2) is 16.3 Å². The van der Waals surface area contributed by atoms with Crippen LogP contribution in [0.4, 0.5) is 17.6 Å². The minimum Gasteiger partial charge on any atom is -0.421 e. The van der Waals surface area contributed by atoms with Crippen LogP contribution in [0.1, 0.15) is 25.1 Å². The number of amides is 1. The highest BCUT2D eigenvalue weighted by atomic mass is 32.1. The molecule has 0 radical (unpaired) electrons. The van der Waals surface area contributed by atoms with E-state index in [4.69, 9.17) is 0 Å². The lowest BCUT2D eigenvalue weighted by Gasteiger charge is -2.31. The number of nitrogens with zero attached hydrogens (tertiary/aromatic N) is 2. The fourth-order valence-corrected chi connectivity index (χ4v) is 3.28. The second kappa shape index (κ2) is 6.66. The van der Waals surface area contributed by atoms with Crippen LogP contribution in [0.3, 0.4) is 0 Å². The van der Waals surface area contributed by atoms with Crippen molar-refractivity contribution >= 4 is 17.2 Å². The number of thiazole rings is 1. The highest BCUT2D eigenvalue weighted by molar-refractivity contribution is 7.09. The van der Waals surface area contributed by atoms with Gasteiger partial charge in [0.25, 0.3) is 0 Å². The molecule has 0 saturated carbocycles. The molecule has 10 heteroatoms. The van der Waals surface area contributed by atoms with Gasteiger partial charge < -0.3 is 9.47 Å². The monoisotopic (exact) mass is 404 g/mol. The quantitative estimate of drug-likeness (QED) is 0.718. The van der Waals surface area contributed by atoms with Crippen LogP contribution in [-0.2, 0) is 4.79 Å². The van der Waals surface area contributed by atoms with Crippen molar-refractivity contribution in [2.45, 2.75) is 39.4 Å². The van der Waals surface area contributed by atoms with Crippen molar-refractivity contribution in [3.05, 3.63) is 34.1 Å². The summed E-state index contributed by atoms with van der Waals surface area (Å²) in [6.07, 6.45) is -7.64. The van der Waals surface area contributed by atoms with E-state index in [0.717, 1.165) is 17.0 Å². The number of aryl methyl sites for hydroxylation is 1. The van der Waals surface area contributed by atoms with Gasteiger partial charge in [-0.05, 0) is 25.0 Å². The van der Waals surface area contributed by atoms with Crippen LogP contribution in [0, 0.1) is 12.8 Å². The predicted molar refractivity (Wildman–Crippen MR) is 89.6 cm³/mol. The Morgan fingerprint density at radius 2 is 1.81 bits per heavy atom. The number of carbonyl (C=O) groups is 1. The molecule has 3 rings (SSSR count). The van der Waals surface area contributed by atoms with E-state index < -0.39 is 23.7 Å². The fourth-order valence-electron chi connectivity index (χ4n) is 2.43. The van der Waals surface area contributed by atoms with Gasteiger partial charge in [0.05, 0.1) is 5.69 Å². The van der Waals surface area contributed by atoms with Crippen LogP contribution in [0.25, 0.3) is 5.69 Å². The van der Waals surface area contributed by atoms with Gasteiger partial charge in [-0.3, -0.25) is 9.36 Å². The first kappa shape index (κ1) is 19.4. The number of halogens is 4. The first-order valence-electron chi connectivity index (χ1n) is 8.03. The molecule has 0 unspecified atom stereocenters. The molecule has 0 N–H and O–H groups in total. The Kier molecular flexibility index (Phi) is 4.79. The number of benzene rings is 1. The van der Waals surface area contributed by atoms with E-state index in [1.165, 1.54) is 22.0 Å². The summed E-state index contributed by atoms with van der Waals surface area (Å²) in [4.78, 5) is 17.2. The number of hydrogen-bond acceptors (Lipinski definition) is 4. The van der Waals surface area contributed by atoms with E-state index in [0.29, 0.717) is 10.5 Å². The summed E-state index contributed by atoms with van der Waals surface area (Å²) in [5.74, 6) is -1.21. The van der Waals surface area contributed by atoms with Gasteiger partial charge in [-0.2, -0.15) is 22.6 Å². The highest BCUT2D eigenvalue weighted by Gasteiger charge is 2.65. The summed E-state index contributed by atoms with van der Waals surface area (Å²) in [5, 5.41) is 0. The maximum Gasteiger partial charge on any atom is 0.507 e. The molecule has 0 spiro atoms. The molecule has 0 aliphatic carbocycles. The molecule has 0 fully saturated rings. The molecule has 27 heavy (non-hydrogen) atoms. The molecule has 5 nitrogen and oxygen atoms in total. The Labute approximate surface area is 155 Å². The van der Waals surface area contributed by atoms with Gasteiger partial charge in [0.2, 0.25) is 5.91 Å². The Hall–Kier alpha value is -2.36. The molecule has 0 saturated heterocycles. The second-order valence-electron chi connectivity index (χ2n) is 6.47. The van der Waals surface area contributed by atoms with Gasteiger partial charge in [0.1, 0.15) is 0 Å². The summed E-state index contributed by atoms with van der Waals surface area (Å²) < 4.78 is 63.1. The number of aromatic nitrogens is 1. The molecule has 1 aromatic carbocycles. The molecule has 0 atom stereocenters. The Morgan fingerprint density at radius 3 is 2.44 bits per heavy atom. The first-order chi connectivity index (χ1) is 12.5. The number of ether oxygens (including phenoxy) is 2. The van der Waals surface area contributed by atoms with Crippen molar-refractivity contribution in [1.82, 2.24) is 4.57 Å². The van der Waals surface area contributed by atoms with Crippen molar-refractivity contribution in [1.29, 1.82) is 0 Å². The van der Waals surface area contributed by atoms with Crippen molar-refractivity contribution in [2.24, 2.45) is 10.9 Å². The number of alkyl halides is 4. The third-order valence-corrected chi connectivity index (χ3v) is 4.49. The zero-order chi connectivity index (χ0) is 20.0. The predicted octanol–water partition coefficient (Wildman–Crippen LogP) is 4.28. The van der Waals surface area contributed by atoms with Crippen molar-refractivity contribution in [3.8, 4) is 17.2 Å². The zero-order valence-electron chi connectivity index (χ0n) is 14.6. The number of hydrogen-bond donors (Lipinski definition) is 0. The van der Waals surface area contributed by atoms with Gasteiger partial charge in [-0.15, -0.1) is 11.3 Å². The van der Waals surface area contributed by atoms with Gasteiger partial charge in [-0.1, -0.05) is 13.8 Å². The van der Waals surface area contributed by atoms with Gasteiger partial charge in [-0.25, -0.2) is 0 Å². The maximum atomic E-state index is 13.4. The molecular weight excluding hydrogens is 388 g/mol. The van der Waals surface area contributed by atoms with E-state index in [-0.39, 0.29) is 18.2 Å². The van der Waals surface area contributed by atoms with Crippen LogP contribution in [0.5, 0.6) is 11.5 Å². The minimum absolute atomic E-state index is 0.133. The summed E-state index contributed by atoms with van der Waals surface area (Å²) in [6.45, 7) is 5.57. The normalized spacial score (nSPS) is 18.0. The smallest absolute Gasteiger partial charge is 0.421 e. The second-order valence-corrected chi connectivity index (χ2v) is 7.68. The SMILES string of the molecule is Cc1cn(-c2ccc3c(c2)OC(F)(F)C(F)(F)O3)/c(=N/C(=O)CC(C)C)s1. The van der Waals surface area contributed by atoms with Crippen LogP contribution in [0.15, 0.2) is 29.4 Å². The zero-order valence-corrected chi connectivity index (χ0v) is 15.4. The first-order valence-corrected chi connectivity index (χ1v) is 8.85. The topological polar surface area (TPSA) is 52.8 Å². The third kappa shape index (κ3) is 3.85. The van der Waals surface area contributed by atoms with Crippen LogP contribution < -0.4 is 14.3 Å². The third-order valence-electron chi connectivity index (χ3n) is 3.59. The minimum atomic E-state index is -4.80. The number of fused-ring (bicyclic) bond motifs is 1. The summed E-state index contributed by atoms with van der Waals surface area (Å²) >= 11 is 1.24. The highest BCUT2D eigenvalue weighted by Crippen LogP contribution is 2.47. The van der Waals surface area contributed by atoms with Crippen molar-refractivity contribution in [3.63, 3.8) is 0 Å². The van der Waals surface area contributed by atoms with E-state index in [1.54, 1.807) is 13.1 Å². The lowest BCUT2D eigenvalue weighted by atomic mass is 10.1. The largest absolute Gasteiger partial charge is 0.507 e. The lowest BCUT2D eigenvalue weighted by Crippen LogP contribution is -2.52. The van der Waals surface area contributed by atoms with Crippen molar-refractivity contribution < 1.29 is 31.8 Å². The van der Waals surface area contributed by atoms with Crippen molar-refractivity contribution in [2.75, 3.05) is 0 Å². The Morgan fingerprint density at radius 1 is 1.19 bits per heavy atom.